The Morgan fingerprint density at radius 2 is 1.65 bits per heavy atom. The molecule has 26 heavy (non-hydrogen) atoms. The maximum absolute atomic E-state index is 12.7. The molecule has 0 spiro atoms. The van der Waals surface area contributed by atoms with Crippen LogP contribution in [0.1, 0.15) is 39.2 Å². The SMILES string of the molecule is CC(c1ccc(-n2cncn2)cc1)N(C)C(=O)c1ccc(C(N)=O)cc1. The van der Waals surface area contributed by atoms with Gasteiger partial charge in [-0.05, 0) is 48.9 Å². The highest BCUT2D eigenvalue weighted by molar-refractivity contribution is 5.97. The van der Waals surface area contributed by atoms with E-state index in [0.29, 0.717) is 11.1 Å². The number of nitrogens with two attached hydrogens (primary N) is 1. The van der Waals surface area contributed by atoms with Crippen molar-refractivity contribution in [3.05, 3.63) is 77.9 Å². The van der Waals surface area contributed by atoms with Crippen molar-refractivity contribution in [2.75, 3.05) is 7.05 Å². The van der Waals surface area contributed by atoms with E-state index < -0.39 is 5.91 Å². The second kappa shape index (κ2) is 7.18. The van der Waals surface area contributed by atoms with Gasteiger partial charge in [-0.25, -0.2) is 9.67 Å². The lowest BCUT2D eigenvalue weighted by molar-refractivity contribution is 0.0742. The molecule has 2 aromatic carbocycles. The second-order valence-corrected chi connectivity index (χ2v) is 5.97. The van der Waals surface area contributed by atoms with E-state index in [0.717, 1.165) is 11.3 Å². The largest absolute Gasteiger partial charge is 0.366 e. The molecule has 0 bridgehead atoms. The standard InChI is InChI=1S/C19H19N5O2/c1-13(14-7-9-17(10-8-14)24-12-21-11-22-24)23(2)19(26)16-5-3-15(4-6-16)18(20)25/h3-13H,1-2H3,(H2,20,25). The van der Waals surface area contributed by atoms with Gasteiger partial charge in [0.25, 0.3) is 5.91 Å². The van der Waals surface area contributed by atoms with E-state index in [1.54, 1.807) is 47.2 Å². The summed E-state index contributed by atoms with van der Waals surface area (Å²) in [5, 5.41) is 4.09. The molecule has 1 atom stereocenters. The lowest BCUT2D eigenvalue weighted by Gasteiger charge is -2.25. The fraction of sp³-hybridized carbons (Fsp3) is 0.158. The molecule has 0 radical (unpaired) electrons. The topological polar surface area (TPSA) is 94.1 Å². The molecule has 0 aliphatic heterocycles. The zero-order valence-corrected chi connectivity index (χ0v) is 14.5. The minimum atomic E-state index is -0.516. The van der Waals surface area contributed by atoms with Gasteiger partial charge in [0.15, 0.2) is 0 Å². The summed E-state index contributed by atoms with van der Waals surface area (Å²) >= 11 is 0. The summed E-state index contributed by atoms with van der Waals surface area (Å²) in [6.07, 6.45) is 3.11. The third-order valence-electron chi connectivity index (χ3n) is 4.38. The number of carbonyl (C=O) groups is 2. The van der Waals surface area contributed by atoms with Crippen molar-refractivity contribution in [2.45, 2.75) is 13.0 Å². The Bertz CT molecular complexity index is 902. The van der Waals surface area contributed by atoms with Crippen LogP contribution in [0.3, 0.4) is 0 Å². The van der Waals surface area contributed by atoms with Crippen LogP contribution in [-0.2, 0) is 0 Å². The number of carbonyl (C=O) groups excluding carboxylic acids is 2. The van der Waals surface area contributed by atoms with Crippen LogP contribution in [0.15, 0.2) is 61.2 Å². The Morgan fingerprint density at radius 1 is 1.04 bits per heavy atom. The van der Waals surface area contributed by atoms with Gasteiger partial charge in [0.1, 0.15) is 12.7 Å². The molecule has 0 saturated carbocycles. The average Bonchev–Trinajstić information content (AvgIpc) is 3.21. The highest BCUT2D eigenvalue weighted by Gasteiger charge is 2.19. The van der Waals surface area contributed by atoms with Crippen molar-refractivity contribution < 1.29 is 9.59 Å². The number of primary amides is 1. The highest BCUT2D eigenvalue weighted by Crippen LogP contribution is 2.22. The molecule has 7 nitrogen and oxygen atoms in total. The van der Waals surface area contributed by atoms with Crippen LogP contribution in [0, 0.1) is 0 Å². The normalized spacial score (nSPS) is 11.8. The van der Waals surface area contributed by atoms with Crippen LogP contribution in [0.25, 0.3) is 5.69 Å². The van der Waals surface area contributed by atoms with Crippen molar-refractivity contribution in [3.8, 4) is 5.69 Å². The molecule has 3 rings (SSSR count). The molecule has 2 amide bonds. The van der Waals surface area contributed by atoms with Crippen LogP contribution < -0.4 is 5.73 Å². The van der Waals surface area contributed by atoms with E-state index in [2.05, 4.69) is 10.1 Å². The fourth-order valence-corrected chi connectivity index (χ4v) is 2.63. The van der Waals surface area contributed by atoms with Gasteiger partial charge in [0, 0.05) is 18.2 Å². The maximum Gasteiger partial charge on any atom is 0.254 e. The monoisotopic (exact) mass is 349 g/mol. The van der Waals surface area contributed by atoms with E-state index in [1.807, 2.05) is 31.2 Å². The van der Waals surface area contributed by atoms with E-state index in [9.17, 15) is 9.59 Å². The lowest BCUT2D eigenvalue weighted by Crippen LogP contribution is -2.29. The molecular formula is C19H19N5O2. The van der Waals surface area contributed by atoms with Crippen LogP contribution in [-0.4, -0.2) is 38.5 Å². The van der Waals surface area contributed by atoms with Crippen LogP contribution in [0.5, 0.6) is 0 Å². The second-order valence-electron chi connectivity index (χ2n) is 5.97. The summed E-state index contributed by atoms with van der Waals surface area (Å²) in [4.78, 5) is 29.4. The van der Waals surface area contributed by atoms with Crippen LogP contribution in [0.4, 0.5) is 0 Å². The van der Waals surface area contributed by atoms with E-state index >= 15 is 0 Å². The average molecular weight is 349 g/mol. The minimum absolute atomic E-state index is 0.122. The third kappa shape index (κ3) is 3.46. The number of hydrogen-bond donors (Lipinski definition) is 1. The van der Waals surface area contributed by atoms with E-state index in [4.69, 9.17) is 5.73 Å². The van der Waals surface area contributed by atoms with Crippen molar-refractivity contribution in [1.29, 1.82) is 0 Å². The van der Waals surface area contributed by atoms with Crippen molar-refractivity contribution in [1.82, 2.24) is 19.7 Å². The van der Waals surface area contributed by atoms with Gasteiger partial charge in [-0.3, -0.25) is 9.59 Å². The number of rotatable bonds is 5. The van der Waals surface area contributed by atoms with Gasteiger partial charge >= 0.3 is 0 Å². The first-order valence-electron chi connectivity index (χ1n) is 8.09. The first-order valence-corrected chi connectivity index (χ1v) is 8.09. The van der Waals surface area contributed by atoms with Gasteiger partial charge in [-0.1, -0.05) is 12.1 Å². The Kier molecular flexibility index (Phi) is 4.79. The molecule has 1 aromatic heterocycles. The first kappa shape index (κ1) is 17.3. The molecule has 1 heterocycles. The summed E-state index contributed by atoms with van der Waals surface area (Å²) in [6, 6.07) is 14.0. The van der Waals surface area contributed by atoms with Crippen LogP contribution in [0.2, 0.25) is 0 Å². The van der Waals surface area contributed by atoms with E-state index in [1.165, 1.54) is 6.33 Å². The maximum atomic E-state index is 12.7. The number of benzene rings is 2. The highest BCUT2D eigenvalue weighted by atomic mass is 16.2. The Labute approximate surface area is 151 Å². The molecule has 132 valence electrons. The van der Waals surface area contributed by atoms with Gasteiger partial charge < -0.3 is 10.6 Å². The molecule has 2 N–H and O–H groups in total. The first-order chi connectivity index (χ1) is 12.5. The summed E-state index contributed by atoms with van der Waals surface area (Å²) < 4.78 is 1.67. The zero-order valence-electron chi connectivity index (χ0n) is 14.5. The number of amides is 2. The predicted octanol–water partition coefficient (Wildman–Crippen LogP) is 2.20. The smallest absolute Gasteiger partial charge is 0.254 e. The number of nitrogens with zero attached hydrogens (tertiary/aromatic N) is 4. The minimum Gasteiger partial charge on any atom is -0.366 e. The molecule has 0 fully saturated rings. The lowest BCUT2D eigenvalue weighted by atomic mass is 10.0. The Balaban J connectivity index is 1.75. The molecular weight excluding hydrogens is 330 g/mol. The van der Waals surface area contributed by atoms with E-state index in [-0.39, 0.29) is 11.9 Å². The fourth-order valence-electron chi connectivity index (χ4n) is 2.63. The third-order valence-corrected chi connectivity index (χ3v) is 4.38. The van der Waals surface area contributed by atoms with Crippen molar-refractivity contribution in [3.63, 3.8) is 0 Å². The molecule has 7 heteroatoms. The summed E-state index contributed by atoms with van der Waals surface area (Å²) in [6.45, 7) is 1.96. The predicted molar refractivity (Wildman–Crippen MR) is 96.8 cm³/mol. The van der Waals surface area contributed by atoms with Crippen LogP contribution >= 0.6 is 0 Å². The summed E-state index contributed by atoms with van der Waals surface area (Å²) in [7, 11) is 1.75. The Morgan fingerprint density at radius 3 is 2.19 bits per heavy atom. The number of hydrogen-bond acceptors (Lipinski definition) is 4. The summed E-state index contributed by atoms with van der Waals surface area (Å²) in [5.74, 6) is -0.646. The summed E-state index contributed by atoms with van der Waals surface area (Å²) in [5.41, 5.74) is 8.00. The van der Waals surface area contributed by atoms with Gasteiger partial charge in [0.05, 0.1) is 11.7 Å². The van der Waals surface area contributed by atoms with Gasteiger partial charge in [0.2, 0.25) is 5.91 Å². The Hall–Kier alpha value is -3.48. The number of aromatic nitrogens is 3. The molecule has 0 aliphatic carbocycles. The quantitative estimate of drug-likeness (QED) is 0.764. The molecule has 1 unspecified atom stereocenters. The van der Waals surface area contributed by atoms with Gasteiger partial charge in [-0.2, -0.15) is 5.10 Å². The molecule has 3 aromatic rings. The van der Waals surface area contributed by atoms with Gasteiger partial charge in [-0.15, -0.1) is 0 Å². The van der Waals surface area contributed by atoms with Crippen molar-refractivity contribution >= 4 is 11.8 Å². The molecule has 0 saturated heterocycles. The van der Waals surface area contributed by atoms with Crippen molar-refractivity contribution in [2.24, 2.45) is 5.73 Å². The molecule has 0 aliphatic rings. The zero-order chi connectivity index (χ0) is 18.7.